The van der Waals surface area contributed by atoms with Crippen molar-refractivity contribution in [2.75, 3.05) is 18.6 Å². The molecule has 0 saturated heterocycles. The van der Waals surface area contributed by atoms with Gasteiger partial charge in [-0.1, -0.05) is 26.8 Å². The van der Waals surface area contributed by atoms with E-state index >= 15 is 0 Å². The molecular formula is C26H29F2N5O3S. The molecule has 0 spiro atoms. The number of hydrogen-bond donors (Lipinski definition) is 1. The van der Waals surface area contributed by atoms with Crippen LogP contribution in [-0.2, 0) is 15.3 Å². The van der Waals surface area contributed by atoms with Crippen molar-refractivity contribution in [3.8, 4) is 11.3 Å². The summed E-state index contributed by atoms with van der Waals surface area (Å²) in [5, 5.41) is 11.3. The van der Waals surface area contributed by atoms with E-state index in [1.807, 2.05) is 20.8 Å². The van der Waals surface area contributed by atoms with Gasteiger partial charge in [0.05, 0.1) is 40.0 Å². The Morgan fingerprint density at radius 1 is 1.19 bits per heavy atom. The van der Waals surface area contributed by atoms with Gasteiger partial charge in [0.25, 0.3) is 5.91 Å². The van der Waals surface area contributed by atoms with Gasteiger partial charge in [-0.15, -0.1) is 5.10 Å². The predicted octanol–water partition coefficient (Wildman–Crippen LogP) is 3.83. The highest BCUT2D eigenvalue weighted by molar-refractivity contribution is 7.90. The molecule has 0 bridgehead atoms. The topological polar surface area (TPSA) is 115 Å². The Kier molecular flexibility index (Phi) is 7.36. The van der Waals surface area contributed by atoms with Crippen LogP contribution in [-0.4, -0.2) is 53.0 Å². The van der Waals surface area contributed by atoms with Gasteiger partial charge in [0.2, 0.25) is 0 Å². The molecule has 1 aliphatic carbocycles. The lowest BCUT2D eigenvalue weighted by molar-refractivity contribution is 0.0949. The molecule has 196 valence electrons. The van der Waals surface area contributed by atoms with Gasteiger partial charge in [-0.3, -0.25) is 9.78 Å². The first kappa shape index (κ1) is 26.7. The number of amides is 1. The van der Waals surface area contributed by atoms with Crippen LogP contribution in [0.5, 0.6) is 0 Å². The fourth-order valence-electron chi connectivity index (χ4n) is 4.95. The minimum absolute atomic E-state index is 0.0260. The zero-order chi connectivity index (χ0) is 27.0. The fourth-order valence-corrected chi connectivity index (χ4v) is 5.42. The van der Waals surface area contributed by atoms with E-state index in [0.29, 0.717) is 17.8 Å². The number of aromatic nitrogens is 4. The third-order valence-electron chi connectivity index (χ3n) is 7.04. The molecule has 1 amide bonds. The summed E-state index contributed by atoms with van der Waals surface area (Å²) in [4.78, 5) is 21.6. The molecule has 0 unspecified atom stereocenters. The highest BCUT2D eigenvalue weighted by Gasteiger charge is 2.46. The molecular weight excluding hydrogens is 500 g/mol. The number of rotatable bonds is 7. The van der Waals surface area contributed by atoms with Gasteiger partial charge in [-0.05, 0) is 48.4 Å². The van der Waals surface area contributed by atoms with Crippen LogP contribution >= 0.6 is 0 Å². The molecule has 8 nitrogen and oxygen atoms in total. The summed E-state index contributed by atoms with van der Waals surface area (Å²) < 4.78 is 51.8. The second kappa shape index (κ2) is 10.2. The average molecular weight is 530 g/mol. The zero-order valence-electron chi connectivity index (χ0n) is 21.1. The highest BCUT2D eigenvalue weighted by Crippen LogP contribution is 2.49. The van der Waals surface area contributed by atoms with Gasteiger partial charge >= 0.3 is 0 Å². The van der Waals surface area contributed by atoms with Crippen molar-refractivity contribution in [2.24, 2.45) is 5.92 Å². The summed E-state index contributed by atoms with van der Waals surface area (Å²) >= 11 is 0. The molecule has 37 heavy (non-hydrogen) atoms. The van der Waals surface area contributed by atoms with Crippen molar-refractivity contribution in [3.05, 3.63) is 70.9 Å². The molecule has 0 saturated carbocycles. The highest BCUT2D eigenvalue weighted by atomic mass is 32.2. The molecule has 3 aromatic rings. The minimum Gasteiger partial charge on any atom is -0.350 e. The van der Waals surface area contributed by atoms with E-state index in [1.165, 1.54) is 24.4 Å². The van der Waals surface area contributed by atoms with E-state index in [2.05, 4.69) is 25.5 Å². The van der Waals surface area contributed by atoms with E-state index < -0.39 is 32.8 Å². The monoisotopic (exact) mass is 529 g/mol. The van der Waals surface area contributed by atoms with Crippen LogP contribution in [0.1, 0.15) is 67.0 Å². The number of nitrogens with zero attached hydrogens (tertiary/aromatic N) is 4. The first-order valence-corrected chi connectivity index (χ1v) is 14.1. The third-order valence-corrected chi connectivity index (χ3v) is 7.98. The van der Waals surface area contributed by atoms with Crippen molar-refractivity contribution in [2.45, 2.75) is 44.9 Å². The van der Waals surface area contributed by atoms with Crippen LogP contribution in [0, 0.1) is 17.6 Å². The van der Waals surface area contributed by atoms with Gasteiger partial charge in [0.15, 0.2) is 0 Å². The normalized spacial score (nSPS) is 19.5. The summed E-state index contributed by atoms with van der Waals surface area (Å²) in [5.41, 5.74) is 1.21. The minimum atomic E-state index is -3.23. The Balaban J connectivity index is 1.77. The molecule has 2 heterocycles. The van der Waals surface area contributed by atoms with E-state index in [1.54, 1.807) is 12.3 Å². The molecule has 4 rings (SSSR count). The summed E-state index contributed by atoms with van der Waals surface area (Å²) in [5.74, 6) is -2.11. The molecule has 0 aliphatic heterocycles. The van der Waals surface area contributed by atoms with E-state index in [0.717, 1.165) is 18.2 Å². The van der Waals surface area contributed by atoms with Crippen molar-refractivity contribution >= 4 is 15.7 Å². The molecule has 0 radical (unpaired) electrons. The van der Waals surface area contributed by atoms with Crippen LogP contribution in [0.4, 0.5) is 8.78 Å². The van der Waals surface area contributed by atoms with Crippen molar-refractivity contribution in [1.29, 1.82) is 0 Å². The Morgan fingerprint density at radius 2 is 1.89 bits per heavy atom. The van der Waals surface area contributed by atoms with E-state index in [-0.39, 0.29) is 41.1 Å². The van der Waals surface area contributed by atoms with Gasteiger partial charge in [-0.25, -0.2) is 22.2 Å². The van der Waals surface area contributed by atoms with Gasteiger partial charge in [0, 0.05) is 19.0 Å². The smallest absolute Gasteiger partial charge is 0.271 e. The lowest BCUT2D eigenvalue weighted by atomic mass is 9.62. The first-order chi connectivity index (χ1) is 17.4. The molecule has 0 fully saturated rings. The van der Waals surface area contributed by atoms with E-state index in [9.17, 15) is 22.0 Å². The Labute approximate surface area is 214 Å². The largest absolute Gasteiger partial charge is 0.350 e. The Hall–Kier alpha value is -3.34. The first-order valence-electron chi connectivity index (χ1n) is 12.0. The van der Waals surface area contributed by atoms with Crippen LogP contribution in [0.2, 0.25) is 0 Å². The van der Waals surface area contributed by atoms with Crippen molar-refractivity contribution in [3.63, 3.8) is 0 Å². The summed E-state index contributed by atoms with van der Waals surface area (Å²) in [6, 6.07) is 5.36. The van der Waals surface area contributed by atoms with Gasteiger partial charge in [0.1, 0.15) is 27.2 Å². The predicted molar refractivity (Wildman–Crippen MR) is 135 cm³/mol. The van der Waals surface area contributed by atoms with E-state index in [4.69, 9.17) is 0 Å². The number of nitrogens with one attached hydrogen (secondary N) is 1. The maximum Gasteiger partial charge on any atom is 0.271 e. The zero-order valence-corrected chi connectivity index (χ0v) is 21.9. The van der Waals surface area contributed by atoms with Gasteiger partial charge < -0.3 is 5.32 Å². The number of benzene rings is 1. The fraction of sp³-hybridized carbons (Fsp3) is 0.423. The number of fused-ring (bicyclic) bond motifs is 1. The van der Waals surface area contributed by atoms with Crippen LogP contribution in [0.25, 0.3) is 11.3 Å². The second-order valence-electron chi connectivity index (χ2n) is 9.87. The molecule has 2 aromatic heterocycles. The summed E-state index contributed by atoms with van der Waals surface area (Å²) in [6.45, 7) is 6.03. The maximum atomic E-state index is 14.5. The molecule has 11 heteroatoms. The van der Waals surface area contributed by atoms with Crippen LogP contribution in [0.3, 0.4) is 0 Å². The lowest BCUT2D eigenvalue weighted by Gasteiger charge is -2.42. The second-order valence-corrected chi connectivity index (χ2v) is 12.1. The third kappa shape index (κ3) is 5.22. The molecule has 1 aliphatic rings. The Morgan fingerprint density at radius 3 is 2.54 bits per heavy atom. The molecule has 2 atom stereocenters. The quantitative estimate of drug-likeness (QED) is 0.495. The SMILES string of the molecule is CC(C)[C@]1(c2cncc(C(=O)NCCS(C)(=O)=O)n2)CC[C@H](C)c2cc(-c3c(F)cccc3F)nnc21. The van der Waals surface area contributed by atoms with Crippen LogP contribution < -0.4 is 5.32 Å². The summed E-state index contributed by atoms with van der Waals surface area (Å²) in [7, 11) is -3.23. The average Bonchev–Trinajstić information content (AvgIpc) is 2.83. The number of carbonyl (C=O) groups is 1. The molecule has 1 N–H and O–H groups in total. The Bertz CT molecular complexity index is 1430. The molecule has 1 aromatic carbocycles. The number of halogens is 2. The number of carbonyl (C=O) groups excluding carboxylic acids is 1. The van der Waals surface area contributed by atoms with Crippen molar-refractivity contribution in [1.82, 2.24) is 25.5 Å². The maximum absolute atomic E-state index is 14.5. The lowest BCUT2D eigenvalue weighted by Crippen LogP contribution is -2.41. The number of hydrogen-bond acceptors (Lipinski definition) is 7. The van der Waals surface area contributed by atoms with Crippen molar-refractivity contribution < 1.29 is 22.0 Å². The standard InChI is InChI=1S/C26H29F2N5O3S/c1-15(2)26(22-14-29-13-21(31-22)25(34)30-10-11-37(4,35)36)9-8-16(3)17-12-20(32-33-24(17)26)23-18(27)6-5-7-19(23)28/h5-7,12-16H,8-11H2,1-4H3,(H,30,34)/t16-,26-/m0/s1. The van der Waals surface area contributed by atoms with Gasteiger partial charge in [-0.2, -0.15) is 5.10 Å². The summed E-state index contributed by atoms with van der Waals surface area (Å²) in [6.07, 6.45) is 5.44. The van der Waals surface area contributed by atoms with Crippen LogP contribution in [0.15, 0.2) is 36.7 Å². The number of sulfone groups is 1.